The summed E-state index contributed by atoms with van der Waals surface area (Å²) in [5.41, 5.74) is 23.7. The Kier molecular flexibility index (Phi) is 7.26. The van der Waals surface area contributed by atoms with Crippen LogP contribution in [-0.4, -0.2) is 0 Å². The summed E-state index contributed by atoms with van der Waals surface area (Å²) in [7, 11) is 0. The molecule has 12 rings (SSSR count). The van der Waals surface area contributed by atoms with Gasteiger partial charge in [-0.25, -0.2) is 0 Å². The van der Waals surface area contributed by atoms with Gasteiger partial charge in [0.15, 0.2) is 0 Å². The molecule has 1 heteroatoms. The van der Waals surface area contributed by atoms with Crippen LogP contribution in [0.5, 0.6) is 0 Å². The average molecular weight is 752 g/mol. The van der Waals surface area contributed by atoms with Crippen molar-refractivity contribution in [2.45, 2.75) is 24.7 Å². The molecule has 0 heterocycles. The zero-order valence-electron chi connectivity index (χ0n) is 33.2. The van der Waals surface area contributed by atoms with Gasteiger partial charge in [0.1, 0.15) is 0 Å². The number of hydrogen-bond donors (Lipinski definition) is 0. The second-order valence-corrected chi connectivity index (χ2v) is 16.8. The van der Waals surface area contributed by atoms with Gasteiger partial charge in [0.2, 0.25) is 0 Å². The number of benzene rings is 9. The van der Waals surface area contributed by atoms with Crippen LogP contribution in [0.25, 0.3) is 55.6 Å². The van der Waals surface area contributed by atoms with Crippen molar-refractivity contribution in [2.24, 2.45) is 0 Å². The van der Waals surface area contributed by atoms with E-state index in [2.05, 4.69) is 231 Å². The van der Waals surface area contributed by atoms with Crippen LogP contribution in [0.3, 0.4) is 0 Å². The van der Waals surface area contributed by atoms with Gasteiger partial charge in [0.05, 0.1) is 11.1 Å². The minimum atomic E-state index is -0.435. The van der Waals surface area contributed by atoms with Gasteiger partial charge in [0.25, 0.3) is 0 Å². The summed E-state index contributed by atoms with van der Waals surface area (Å²) in [6, 6.07) is 79.1. The van der Waals surface area contributed by atoms with E-state index in [1.54, 1.807) is 0 Å². The van der Waals surface area contributed by atoms with Crippen molar-refractivity contribution in [2.75, 3.05) is 4.90 Å². The minimum Gasteiger partial charge on any atom is -0.310 e. The molecule has 0 atom stereocenters. The van der Waals surface area contributed by atoms with E-state index in [0.717, 1.165) is 17.1 Å². The van der Waals surface area contributed by atoms with Crippen LogP contribution in [0.15, 0.2) is 212 Å². The van der Waals surface area contributed by atoms with Crippen molar-refractivity contribution in [1.29, 1.82) is 0 Å². The van der Waals surface area contributed by atoms with Crippen molar-refractivity contribution >= 4 is 17.1 Å². The molecule has 0 unspecified atom stereocenters. The molecule has 0 bridgehead atoms. The zero-order chi connectivity index (χ0) is 39.3. The fourth-order valence-electron chi connectivity index (χ4n) is 11.0. The number of anilines is 3. The number of hydrogen-bond acceptors (Lipinski definition) is 1. The molecule has 0 aliphatic heterocycles. The molecule has 0 aromatic heterocycles. The molecule has 0 radical (unpaired) electrons. The van der Waals surface area contributed by atoms with Crippen molar-refractivity contribution in [3.05, 3.63) is 246 Å². The number of fused-ring (bicyclic) bond motifs is 13. The van der Waals surface area contributed by atoms with E-state index >= 15 is 0 Å². The number of nitrogens with zero attached hydrogens (tertiary/aromatic N) is 1. The molecular formula is C58H41N. The highest BCUT2D eigenvalue weighted by molar-refractivity contribution is 5.98. The number of rotatable bonds is 5. The molecule has 0 fully saturated rings. The third-order valence-corrected chi connectivity index (χ3v) is 13.5. The Morgan fingerprint density at radius 2 is 0.729 bits per heavy atom. The Morgan fingerprint density at radius 1 is 0.305 bits per heavy atom. The summed E-state index contributed by atoms with van der Waals surface area (Å²) < 4.78 is 0. The van der Waals surface area contributed by atoms with E-state index in [1.807, 2.05) is 0 Å². The molecule has 278 valence electrons. The Morgan fingerprint density at radius 3 is 1.32 bits per heavy atom. The van der Waals surface area contributed by atoms with Crippen molar-refractivity contribution in [3.8, 4) is 55.6 Å². The van der Waals surface area contributed by atoms with Gasteiger partial charge in [-0.15, -0.1) is 0 Å². The molecule has 0 N–H and O–H groups in total. The van der Waals surface area contributed by atoms with E-state index in [9.17, 15) is 0 Å². The maximum atomic E-state index is 2.52. The van der Waals surface area contributed by atoms with Crippen LogP contribution in [0.4, 0.5) is 17.1 Å². The molecule has 59 heavy (non-hydrogen) atoms. The first-order valence-electron chi connectivity index (χ1n) is 20.8. The summed E-state index contributed by atoms with van der Waals surface area (Å²) >= 11 is 0. The molecule has 0 amide bonds. The highest BCUT2D eigenvalue weighted by Gasteiger charge is 2.51. The summed E-state index contributed by atoms with van der Waals surface area (Å²) in [4.78, 5) is 2.52. The Bertz CT molecular complexity index is 3070. The van der Waals surface area contributed by atoms with Gasteiger partial charge in [0, 0.05) is 22.4 Å². The second kappa shape index (κ2) is 12.6. The topological polar surface area (TPSA) is 3.24 Å². The van der Waals surface area contributed by atoms with E-state index in [-0.39, 0.29) is 5.41 Å². The van der Waals surface area contributed by atoms with Crippen molar-refractivity contribution < 1.29 is 0 Å². The quantitative estimate of drug-likeness (QED) is 0.169. The van der Waals surface area contributed by atoms with E-state index in [1.165, 1.54) is 89.0 Å². The molecule has 0 saturated heterocycles. The first kappa shape index (κ1) is 33.9. The van der Waals surface area contributed by atoms with Gasteiger partial charge in [-0.05, 0) is 114 Å². The predicted molar refractivity (Wildman–Crippen MR) is 246 cm³/mol. The Hall–Kier alpha value is -7.22. The Balaban J connectivity index is 1.12. The monoisotopic (exact) mass is 751 g/mol. The zero-order valence-corrected chi connectivity index (χ0v) is 33.2. The fraction of sp³-hybridized carbons (Fsp3) is 0.0690. The minimum absolute atomic E-state index is 0.197. The lowest BCUT2D eigenvalue weighted by atomic mass is 9.70. The van der Waals surface area contributed by atoms with Gasteiger partial charge in [-0.1, -0.05) is 196 Å². The third kappa shape index (κ3) is 4.67. The standard InChI is InChI=1S/C58H41N/c1-57(2)52-30-17-26-43(39-20-7-4-8-21-39)56(52)48-35-33-40(36-53(48)57)59(55-31-16-12-22-42(55)38-18-5-3-6-19-38)41-32-34-47-46-25-11-15-29-51(46)58(54(47)37-41)49-27-13-9-23-44(49)45-24-10-14-28-50(45)58/h3-37H,1-2H3. The van der Waals surface area contributed by atoms with Crippen molar-refractivity contribution in [1.82, 2.24) is 0 Å². The summed E-state index contributed by atoms with van der Waals surface area (Å²) in [6.45, 7) is 4.79. The normalized spacial score (nSPS) is 14.2. The van der Waals surface area contributed by atoms with Gasteiger partial charge >= 0.3 is 0 Å². The van der Waals surface area contributed by atoms with E-state index in [0.29, 0.717) is 0 Å². The first-order valence-corrected chi connectivity index (χ1v) is 20.8. The third-order valence-electron chi connectivity index (χ3n) is 13.5. The fourth-order valence-corrected chi connectivity index (χ4v) is 11.0. The van der Waals surface area contributed by atoms with Crippen molar-refractivity contribution in [3.63, 3.8) is 0 Å². The van der Waals surface area contributed by atoms with Gasteiger partial charge in [-0.3, -0.25) is 0 Å². The maximum absolute atomic E-state index is 2.52. The number of para-hydroxylation sites is 1. The van der Waals surface area contributed by atoms with Crippen LogP contribution >= 0.6 is 0 Å². The molecular weight excluding hydrogens is 711 g/mol. The molecule has 9 aromatic rings. The smallest absolute Gasteiger partial charge is 0.0726 e. The first-order chi connectivity index (χ1) is 29.0. The summed E-state index contributed by atoms with van der Waals surface area (Å²) in [6.07, 6.45) is 0. The summed E-state index contributed by atoms with van der Waals surface area (Å²) in [5, 5.41) is 0. The lowest BCUT2D eigenvalue weighted by molar-refractivity contribution is 0.660. The van der Waals surface area contributed by atoms with E-state index in [4.69, 9.17) is 0 Å². The predicted octanol–water partition coefficient (Wildman–Crippen LogP) is 15.1. The molecule has 1 spiro atoms. The maximum Gasteiger partial charge on any atom is 0.0726 e. The van der Waals surface area contributed by atoms with E-state index < -0.39 is 5.41 Å². The van der Waals surface area contributed by atoms with Gasteiger partial charge < -0.3 is 4.90 Å². The highest BCUT2D eigenvalue weighted by Crippen LogP contribution is 2.63. The molecule has 3 aliphatic carbocycles. The highest BCUT2D eigenvalue weighted by atomic mass is 15.1. The van der Waals surface area contributed by atoms with Crippen LogP contribution in [0.1, 0.15) is 47.2 Å². The van der Waals surface area contributed by atoms with Crippen LogP contribution < -0.4 is 4.90 Å². The van der Waals surface area contributed by atoms with Gasteiger partial charge in [-0.2, -0.15) is 0 Å². The Labute approximate surface area is 346 Å². The van der Waals surface area contributed by atoms with Crippen LogP contribution in [0.2, 0.25) is 0 Å². The summed E-state index contributed by atoms with van der Waals surface area (Å²) in [5.74, 6) is 0. The van der Waals surface area contributed by atoms with Crippen LogP contribution in [-0.2, 0) is 10.8 Å². The molecule has 0 saturated carbocycles. The molecule has 1 nitrogen and oxygen atoms in total. The SMILES string of the molecule is CC1(C)c2cc(N(c3ccc4c(c3)C3(c5ccccc5-c5ccccc53)c3ccccc3-4)c3ccccc3-c3ccccc3)ccc2-c2c(-c3ccccc3)cccc21. The molecule has 9 aromatic carbocycles. The lowest BCUT2D eigenvalue weighted by Crippen LogP contribution is -2.26. The average Bonchev–Trinajstić information content (AvgIpc) is 3.85. The largest absolute Gasteiger partial charge is 0.310 e. The lowest BCUT2D eigenvalue weighted by Gasteiger charge is -2.33. The second-order valence-electron chi connectivity index (χ2n) is 16.8. The van der Waals surface area contributed by atoms with Crippen LogP contribution in [0, 0.1) is 0 Å². The molecule has 3 aliphatic rings.